The van der Waals surface area contributed by atoms with E-state index in [1.807, 2.05) is 23.1 Å². The van der Waals surface area contributed by atoms with Crippen LogP contribution in [-0.4, -0.2) is 28.2 Å². The van der Waals surface area contributed by atoms with Crippen LogP contribution in [0.15, 0.2) is 23.5 Å². The highest BCUT2D eigenvalue weighted by Gasteiger charge is 2.08. The molecule has 2 heterocycles. The van der Waals surface area contributed by atoms with Crippen molar-refractivity contribution in [3.63, 3.8) is 0 Å². The zero-order chi connectivity index (χ0) is 10.5. The molecule has 1 atom stereocenters. The summed E-state index contributed by atoms with van der Waals surface area (Å²) in [4.78, 5) is 4.47. The lowest BCUT2D eigenvalue weighted by atomic mass is 10.1. The first-order valence-corrected chi connectivity index (χ1v) is 5.62. The summed E-state index contributed by atoms with van der Waals surface area (Å²) >= 11 is 0. The standard InChI is InChI=1S/C11H18N4/c1-10(9-15-8-4-7-13-15)14-11-5-2-3-6-12-11/h4,7-8,10H,2-3,5-6,9H2,1H3,(H,12,14). The van der Waals surface area contributed by atoms with E-state index < -0.39 is 0 Å². The van der Waals surface area contributed by atoms with Gasteiger partial charge in [0.15, 0.2) is 0 Å². The van der Waals surface area contributed by atoms with Crippen molar-refractivity contribution in [3.05, 3.63) is 18.5 Å². The second-order valence-corrected chi connectivity index (χ2v) is 4.06. The molecule has 1 aromatic heterocycles. The fraction of sp³-hybridized carbons (Fsp3) is 0.636. The van der Waals surface area contributed by atoms with Gasteiger partial charge in [-0.25, -0.2) is 0 Å². The van der Waals surface area contributed by atoms with Crippen molar-refractivity contribution in [3.8, 4) is 0 Å². The maximum absolute atomic E-state index is 4.47. The second-order valence-electron chi connectivity index (χ2n) is 4.06. The van der Waals surface area contributed by atoms with Gasteiger partial charge in [0.25, 0.3) is 0 Å². The van der Waals surface area contributed by atoms with Crippen LogP contribution in [0.4, 0.5) is 0 Å². The summed E-state index contributed by atoms with van der Waals surface area (Å²) in [5.41, 5.74) is 0. The van der Waals surface area contributed by atoms with Crippen LogP contribution in [0.2, 0.25) is 0 Å². The minimum atomic E-state index is 0.391. The van der Waals surface area contributed by atoms with Crippen molar-refractivity contribution in [2.45, 2.75) is 38.8 Å². The summed E-state index contributed by atoms with van der Waals surface area (Å²) in [5, 5.41) is 7.63. The quantitative estimate of drug-likeness (QED) is 0.813. The molecule has 4 nitrogen and oxygen atoms in total. The Morgan fingerprint density at radius 3 is 3.13 bits per heavy atom. The van der Waals surface area contributed by atoms with Crippen LogP contribution in [0.25, 0.3) is 0 Å². The lowest BCUT2D eigenvalue weighted by Gasteiger charge is -2.19. The largest absolute Gasteiger partial charge is 0.370 e. The van der Waals surface area contributed by atoms with Gasteiger partial charge in [-0.05, 0) is 25.8 Å². The third-order valence-electron chi connectivity index (χ3n) is 2.56. The minimum Gasteiger partial charge on any atom is -0.370 e. The van der Waals surface area contributed by atoms with E-state index >= 15 is 0 Å². The normalized spacial score (nSPS) is 18.3. The molecule has 0 bridgehead atoms. The number of amidine groups is 1. The Kier molecular flexibility index (Phi) is 3.37. The molecule has 0 aromatic carbocycles. The van der Waals surface area contributed by atoms with Crippen LogP contribution in [0.3, 0.4) is 0 Å². The molecule has 4 heteroatoms. The van der Waals surface area contributed by atoms with Crippen LogP contribution in [0.5, 0.6) is 0 Å². The molecule has 0 radical (unpaired) electrons. The van der Waals surface area contributed by atoms with Crippen LogP contribution in [0.1, 0.15) is 26.2 Å². The Bertz CT molecular complexity index is 315. The Morgan fingerprint density at radius 1 is 1.53 bits per heavy atom. The molecule has 1 unspecified atom stereocenters. The zero-order valence-electron chi connectivity index (χ0n) is 9.19. The smallest absolute Gasteiger partial charge is 0.0965 e. The van der Waals surface area contributed by atoms with Gasteiger partial charge >= 0.3 is 0 Å². The monoisotopic (exact) mass is 206 g/mol. The molecule has 0 aliphatic carbocycles. The van der Waals surface area contributed by atoms with E-state index in [1.54, 1.807) is 0 Å². The third kappa shape index (κ3) is 3.08. The number of hydrogen-bond donors (Lipinski definition) is 1. The predicted octanol–water partition coefficient (Wildman–Crippen LogP) is 1.44. The third-order valence-corrected chi connectivity index (χ3v) is 2.56. The highest BCUT2D eigenvalue weighted by Crippen LogP contribution is 2.04. The fourth-order valence-electron chi connectivity index (χ4n) is 1.83. The maximum atomic E-state index is 4.47. The fourth-order valence-corrected chi connectivity index (χ4v) is 1.83. The minimum absolute atomic E-state index is 0.391. The summed E-state index contributed by atoms with van der Waals surface area (Å²) in [6.45, 7) is 4.04. The van der Waals surface area contributed by atoms with Gasteiger partial charge in [-0.2, -0.15) is 5.10 Å². The molecule has 15 heavy (non-hydrogen) atoms. The Labute approximate surface area is 90.4 Å². The maximum Gasteiger partial charge on any atom is 0.0965 e. The van der Waals surface area contributed by atoms with Crippen molar-refractivity contribution in [1.29, 1.82) is 0 Å². The van der Waals surface area contributed by atoms with Gasteiger partial charge in [-0.3, -0.25) is 9.67 Å². The predicted molar refractivity (Wildman–Crippen MR) is 61.0 cm³/mol. The molecule has 82 valence electrons. The van der Waals surface area contributed by atoms with Gasteiger partial charge in [-0.15, -0.1) is 0 Å². The first-order chi connectivity index (χ1) is 7.34. The molecule has 1 aliphatic heterocycles. The van der Waals surface area contributed by atoms with E-state index in [4.69, 9.17) is 0 Å². The van der Waals surface area contributed by atoms with Gasteiger partial charge in [0.1, 0.15) is 0 Å². The lowest BCUT2D eigenvalue weighted by molar-refractivity contribution is 0.499. The molecule has 1 aromatic rings. The Hall–Kier alpha value is -1.32. The van der Waals surface area contributed by atoms with Gasteiger partial charge in [0.2, 0.25) is 0 Å². The van der Waals surface area contributed by atoms with Gasteiger partial charge in [-0.1, -0.05) is 0 Å². The van der Waals surface area contributed by atoms with Gasteiger partial charge in [0.05, 0.1) is 12.4 Å². The number of nitrogens with zero attached hydrogens (tertiary/aromatic N) is 3. The molecular weight excluding hydrogens is 188 g/mol. The van der Waals surface area contributed by atoms with Crippen LogP contribution < -0.4 is 5.32 Å². The lowest BCUT2D eigenvalue weighted by Crippen LogP contribution is -2.36. The zero-order valence-corrected chi connectivity index (χ0v) is 9.19. The molecule has 1 aliphatic rings. The summed E-state index contributed by atoms with van der Waals surface area (Å²) < 4.78 is 1.95. The van der Waals surface area contributed by atoms with Crippen LogP contribution >= 0.6 is 0 Å². The summed E-state index contributed by atoms with van der Waals surface area (Å²) in [6.07, 6.45) is 7.40. The van der Waals surface area contributed by atoms with Crippen LogP contribution in [-0.2, 0) is 6.54 Å². The Balaban J connectivity index is 1.81. The van der Waals surface area contributed by atoms with E-state index in [-0.39, 0.29) is 0 Å². The molecule has 0 fully saturated rings. The average Bonchev–Trinajstić information content (AvgIpc) is 2.71. The van der Waals surface area contributed by atoms with E-state index in [1.165, 1.54) is 18.7 Å². The van der Waals surface area contributed by atoms with E-state index in [0.29, 0.717) is 6.04 Å². The van der Waals surface area contributed by atoms with E-state index in [0.717, 1.165) is 19.5 Å². The first-order valence-electron chi connectivity index (χ1n) is 5.62. The summed E-state index contributed by atoms with van der Waals surface area (Å²) in [6, 6.07) is 2.34. The van der Waals surface area contributed by atoms with Crippen molar-refractivity contribution in [2.75, 3.05) is 6.54 Å². The highest BCUT2D eigenvalue weighted by atomic mass is 15.3. The topological polar surface area (TPSA) is 42.2 Å². The molecule has 0 saturated heterocycles. The number of aromatic nitrogens is 2. The number of aliphatic imine (C=N–C) groups is 1. The van der Waals surface area contributed by atoms with Gasteiger partial charge < -0.3 is 5.32 Å². The van der Waals surface area contributed by atoms with Crippen molar-refractivity contribution >= 4 is 5.84 Å². The number of hydrogen-bond acceptors (Lipinski definition) is 3. The van der Waals surface area contributed by atoms with Gasteiger partial charge in [0, 0.05) is 31.4 Å². The van der Waals surface area contributed by atoms with E-state index in [9.17, 15) is 0 Å². The average molecular weight is 206 g/mol. The first kappa shape index (κ1) is 10.2. The highest BCUT2D eigenvalue weighted by molar-refractivity contribution is 5.82. The Morgan fingerprint density at radius 2 is 2.47 bits per heavy atom. The number of rotatable bonds is 3. The van der Waals surface area contributed by atoms with Crippen molar-refractivity contribution in [2.24, 2.45) is 4.99 Å². The molecule has 1 N–H and O–H groups in total. The molecule has 0 saturated carbocycles. The molecule has 0 spiro atoms. The second kappa shape index (κ2) is 4.96. The van der Waals surface area contributed by atoms with Crippen molar-refractivity contribution in [1.82, 2.24) is 15.1 Å². The molecule has 0 amide bonds. The SMILES string of the molecule is CC(Cn1cccn1)NC1=NCCCC1. The molecule has 2 rings (SSSR count). The van der Waals surface area contributed by atoms with Crippen molar-refractivity contribution < 1.29 is 0 Å². The van der Waals surface area contributed by atoms with E-state index in [2.05, 4.69) is 22.3 Å². The molecular formula is C11H18N4. The number of nitrogens with one attached hydrogen (secondary N) is 1. The van der Waals surface area contributed by atoms with Crippen LogP contribution in [0, 0.1) is 0 Å². The summed E-state index contributed by atoms with van der Waals surface area (Å²) in [7, 11) is 0. The summed E-state index contributed by atoms with van der Waals surface area (Å²) in [5.74, 6) is 1.17.